The van der Waals surface area contributed by atoms with Crippen molar-refractivity contribution in [3.05, 3.63) is 46.4 Å². The third-order valence-corrected chi connectivity index (χ3v) is 3.55. The maximum absolute atomic E-state index is 12.1. The Kier molecular flexibility index (Phi) is 3.63. The van der Waals surface area contributed by atoms with Crippen molar-refractivity contribution in [1.82, 2.24) is 9.97 Å². The van der Waals surface area contributed by atoms with E-state index in [1.54, 1.807) is 12.1 Å². The summed E-state index contributed by atoms with van der Waals surface area (Å²) in [6.45, 7) is -0.834. The van der Waals surface area contributed by atoms with E-state index in [-0.39, 0.29) is 5.75 Å². The molecule has 0 amide bonds. The first-order valence-electron chi connectivity index (χ1n) is 6.24. The highest BCUT2D eigenvalue weighted by Crippen LogP contribution is 2.27. The largest absolute Gasteiger partial charge is 0.435 e. The molecule has 3 nitrogen and oxygen atoms in total. The van der Waals surface area contributed by atoms with Crippen LogP contribution in [0.2, 0.25) is 0 Å². The molecule has 0 fully saturated rings. The second-order valence-corrected chi connectivity index (χ2v) is 5.52. The van der Waals surface area contributed by atoms with Crippen LogP contribution in [0.5, 0.6) is 5.75 Å². The molecular weight excluding hydrogens is 342 g/mol. The van der Waals surface area contributed by atoms with E-state index < -0.39 is 6.61 Å². The number of imidazole rings is 1. The molecule has 0 spiro atoms. The van der Waals surface area contributed by atoms with Crippen LogP contribution in [-0.2, 0) is 0 Å². The minimum absolute atomic E-state index is 0.129. The monoisotopic (exact) mass is 352 g/mol. The molecule has 21 heavy (non-hydrogen) atoms. The van der Waals surface area contributed by atoms with Gasteiger partial charge in [0.2, 0.25) is 0 Å². The highest BCUT2D eigenvalue weighted by molar-refractivity contribution is 9.10. The van der Waals surface area contributed by atoms with Crippen molar-refractivity contribution in [2.75, 3.05) is 0 Å². The van der Waals surface area contributed by atoms with Crippen molar-refractivity contribution in [1.29, 1.82) is 0 Å². The van der Waals surface area contributed by atoms with Gasteiger partial charge in [-0.2, -0.15) is 8.78 Å². The first-order chi connectivity index (χ1) is 10.0. The third kappa shape index (κ3) is 2.90. The zero-order valence-electron chi connectivity index (χ0n) is 11.0. The molecule has 1 N–H and O–H groups in total. The number of nitrogens with one attached hydrogen (secondary N) is 1. The first-order valence-corrected chi connectivity index (χ1v) is 7.03. The maximum Gasteiger partial charge on any atom is 0.387 e. The number of halogens is 3. The molecule has 0 aliphatic heterocycles. The van der Waals surface area contributed by atoms with Gasteiger partial charge in [0.25, 0.3) is 0 Å². The number of hydrogen-bond acceptors (Lipinski definition) is 2. The van der Waals surface area contributed by atoms with E-state index in [2.05, 4.69) is 30.6 Å². The zero-order chi connectivity index (χ0) is 15.0. The number of aromatic nitrogens is 2. The number of aryl methyl sites for hydroxylation is 1. The second-order valence-electron chi connectivity index (χ2n) is 4.61. The van der Waals surface area contributed by atoms with Crippen LogP contribution in [0.4, 0.5) is 8.78 Å². The van der Waals surface area contributed by atoms with Gasteiger partial charge < -0.3 is 9.72 Å². The van der Waals surface area contributed by atoms with Crippen LogP contribution < -0.4 is 4.74 Å². The Morgan fingerprint density at radius 3 is 2.57 bits per heavy atom. The Balaban J connectivity index is 1.98. The van der Waals surface area contributed by atoms with Gasteiger partial charge in [0.15, 0.2) is 0 Å². The lowest BCUT2D eigenvalue weighted by atomic mass is 10.2. The van der Waals surface area contributed by atoms with Gasteiger partial charge >= 0.3 is 6.61 Å². The van der Waals surface area contributed by atoms with Crippen molar-refractivity contribution in [3.8, 4) is 17.1 Å². The number of alkyl halides is 2. The molecule has 0 aliphatic rings. The van der Waals surface area contributed by atoms with Gasteiger partial charge in [-0.1, -0.05) is 15.9 Å². The first kappa shape index (κ1) is 14.0. The summed E-state index contributed by atoms with van der Waals surface area (Å²) in [6, 6.07) is 10.3. The molecule has 0 radical (unpaired) electrons. The van der Waals surface area contributed by atoms with E-state index >= 15 is 0 Å². The van der Waals surface area contributed by atoms with E-state index in [9.17, 15) is 8.78 Å². The molecule has 1 aromatic heterocycles. The number of nitrogens with zero attached hydrogens (tertiary/aromatic N) is 1. The Morgan fingerprint density at radius 1 is 1.19 bits per heavy atom. The van der Waals surface area contributed by atoms with Crippen LogP contribution >= 0.6 is 15.9 Å². The number of benzene rings is 2. The molecule has 3 aromatic rings. The predicted molar refractivity (Wildman–Crippen MR) is 80.6 cm³/mol. The summed E-state index contributed by atoms with van der Waals surface area (Å²) in [5.74, 6) is 0.818. The molecule has 0 aliphatic carbocycles. The summed E-state index contributed by atoms with van der Waals surface area (Å²) in [6.07, 6.45) is 0. The molecule has 2 aromatic carbocycles. The normalized spacial score (nSPS) is 11.3. The smallest absolute Gasteiger partial charge is 0.387 e. The van der Waals surface area contributed by atoms with Crippen molar-refractivity contribution in [3.63, 3.8) is 0 Å². The quantitative estimate of drug-likeness (QED) is 0.727. The summed E-state index contributed by atoms with van der Waals surface area (Å²) in [7, 11) is 0. The minimum Gasteiger partial charge on any atom is -0.435 e. The van der Waals surface area contributed by atoms with E-state index in [1.165, 1.54) is 12.1 Å². The van der Waals surface area contributed by atoms with E-state index in [4.69, 9.17) is 0 Å². The Labute approximate surface area is 128 Å². The fourth-order valence-electron chi connectivity index (χ4n) is 2.18. The average Bonchev–Trinajstić information content (AvgIpc) is 2.83. The predicted octanol–water partition coefficient (Wildman–Crippen LogP) is 4.90. The van der Waals surface area contributed by atoms with Gasteiger partial charge in [-0.05, 0) is 48.9 Å². The molecule has 0 saturated heterocycles. The van der Waals surface area contributed by atoms with Gasteiger partial charge in [-0.3, -0.25) is 0 Å². The standard InChI is InChI=1S/C15H11BrF2N2O/c1-8-6-10(16)7-12-13(8)20-14(19-12)9-2-4-11(5-3-9)21-15(17)18/h2-7,15H,1H3,(H,19,20). The summed E-state index contributed by atoms with van der Waals surface area (Å²) < 4.78 is 29.5. The number of aromatic amines is 1. The van der Waals surface area contributed by atoms with Crippen LogP contribution in [-0.4, -0.2) is 16.6 Å². The molecule has 1 heterocycles. The van der Waals surface area contributed by atoms with Crippen LogP contribution in [0.25, 0.3) is 22.4 Å². The lowest BCUT2D eigenvalue weighted by Gasteiger charge is -2.04. The fourth-order valence-corrected chi connectivity index (χ4v) is 2.75. The molecular formula is C15H11BrF2N2O. The van der Waals surface area contributed by atoms with E-state index in [0.29, 0.717) is 5.82 Å². The topological polar surface area (TPSA) is 37.9 Å². The fraction of sp³-hybridized carbons (Fsp3) is 0.133. The van der Waals surface area contributed by atoms with Crippen molar-refractivity contribution < 1.29 is 13.5 Å². The van der Waals surface area contributed by atoms with E-state index in [1.807, 2.05) is 19.1 Å². The molecule has 108 valence electrons. The average molecular weight is 353 g/mol. The van der Waals surface area contributed by atoms with Gasteiger partial charge in [0, 0.05) is 10.0 Å². The van der Waals surface area contributed by atoms with Gasteiger partial charge in [-0.15, -0.1) is 0 Å². The van der Waals surface area contributed by atoms with Gasteiger partial charge in [-0.25, -0.2) is 4.98 Å². The third-order valence-electron chi connectivity index (χ3n) is 3.09. The summed E-state index contributed by atoms with van der Waals surface area (Å²) >= 11 is 3.45. The van der Waals surface area contributed by atoms with Gasteiger partial charge in [0.1, 0.15) is 11.6 Å². The summed E-state index contributed by atoms with van der Waals surface area (Å²) in [5, 5.41) is 0. The van der Waals surface area contributed by atoms with Crippen molar-refractivity contribution in [2.24, 2.45) is 0 Å². The van der Waals surface area contributed by atoms with Crippen LogP contribution in [0.1, 0.15) is 5.56 Å². The highest BCUT2D eigenvalue weighted by atomic mass is 79.9. The second kappa shape index (κ2) is 5.44. The van der Waals surface area contributed by atoms with Gasteiger partial charge in [0.05, 0.1) is 11.0 Å². The zero-order valence-corrected chi connectivity index (χ0v) is 12.6. The lowest BCUT2D eigenvalue weighted by molar-refractivity contribution is -0.0498. The number of ether oxygens (including phenoxy) is 1. The summed E-state index contributed by atoms with van der Waals surface area (Å²) in [4.78, 5) is 7.77. The Bertz CT molecular complexity index is 784. The van der Waals surface area contributed by atoms with E-state index in [0.717, 1.165) is 26.6 Å². The maximum atomic E-state index is 12.1. The van der Waals surface area contributed by atoms with Crippen LogP contribution in [0.3, 0.4) is 0 Å². The number of fused-ring (bicyclic) bond motifs is 1. The lowest BCUT2D eigenvalue weighted by Crippen LogP contribution is -2.01. The molecule has 0 unspecified atom stereocenters. The number of H-pyrrole nitrogens is 1. The number of rotatable bonds is 3. The SMILES string of the molecule is Cc1cc(Br)cc2[nH]c(-c3ccc(OC(F)F)cc3)nc12. The molecule has 0 atom stereocenters. The van der Waals surface area contributed by atoms with Crippen LogP contribution in [0.15, 0.2) is 40.9 Å². The molecule has 6 heteroatoms. The van der Waals surface area contributed by atoms with Crippen molar-refractivity contribution >= 4 is 27.0 Å². The van der Waals surface area contributed by atoms with Crippen LogP contribution in [0, 0.1) is 6.92 Å². The molecule has 0 bridgehead atoms. The Morgan fingerprint density at radius 2 is 1.90 bits per heavy atom. The number of hydrogen-bond donors (Lipinski definition) is 1. The minimum atomic E-state index is -2.82. The Hall–Kier alpha value is -1.95. The summed E-state index contributed by atoms with van der Waals surface area (Å²) in [5.41, 5.74) is 3.67. The molecule has 0 saturated carbocycles. The highest BCUT2D eigenvalue weighted by Gasteiger charge is 2.09. The van der Waals surface area contributed by atoms with Crippen molar-refractivity contribution in [2.45, 2.75) is 13.5 Å². The molecule has 3 rings (SSSR count).